The van der Waals surface area contributed by atoms with Crippen molar-refractivity contribution in [3.8, 4) is 0 Å². The van der Waals surface area contributed by atoms with Gasteiger partial charge in [0.05, 0.1) is 0 Å². The summed E-state index contributed by atoms with van der Waals surface area (Å²) in [5.74, 6) is 1.46. The number of halogens is 1. The average molecular weight is 340 g/mol. The number of ether oxygens (including phenoxy) is 1. The van der Waals surface area contributed by atoms with Gasteiger partial charge >= 0.3 is 0 Å². The third-order valence-electron chi connectivity index (χ3n) is 4.48. The normalized spacial score (nSPS) is 24.0. The monoisotopic (exact) mass is 339 g/mol. The summed E-state index contributed by atoms with van der Waals surface area (Å²) in [7, 11) is 0. The van der Waals surface area contributed by atoms with Gasteiger partial charge in [0.25, 0.3) is 0 Å². The number of amides is 1. The zero-order chi connectivity index (χ0) is 15.4. The first-order valence-electron chi connectivity index (χ1n) is 7.98. The zero-order valence-electron chi connectivity index (χ0n) is 12.7. The molecule has 0 aliphatic carbocycles. The summed E-state index contributed by atoms with van der Waals surface area (Å²) in [5.41, 5.74) is 1.20. The highest BCUT2D eigenvalue weighted by molar-refractivity contribution is 7.99. The van der Waals surface area contributed by atoms with Crippen LogP contribution < -0.4 is 0 Å². The van der Waals surface area contributed by atoms with Crippen LogP contribution in [-0.4, -0.2) is 42.9 Å². The second-order valence-electron chi connectivity index (χ2n) is 5.88. The van der Waals surface area contributed by atoms with E-state index >= 15 is 0 Å². The standard InChI is InChI=1S/C17H22ClNO2S/c18-15-4-2-1-3-14(15)16-5-8-19(9-12-22-16)17(20)13-6-10-21-11-7-13/h1-4,13,16H,5-12H2. The summed E-state index contributed by atoms with van der Waals surface area (Å²) < 4.78 is 5.36. The minimum Gasteiger partial charge on any atom is -0.381 e. The predicted octanol–water partition coefficient (Wildman–Crippen LogP) is 3.77. The van der Waals surface area contributed by atoms with E-state index in [1.165, 1.54) is 5.56 Å². The van der Waals surface area contributed by atoms with Crippen molar-refractivity contribution >= 4 is 29.3 Å². The lowest BCUT2D eigenvalue weighted by atomic mass is 9.98. The van der Waals surface area contributed by atoms with Crippen LogP contribution in [0.2, 0.25) is 5.02 Å². The Balaban J connectivity index is 1.62. The maximum Gasteiger partial charge on any atom is 0.225 e. The Kier molecular flexibility index (Phi) is 5.66. The van der Waals surface area contributed by atoms with Crippen molar-refractivity contribution < 1.29 is 9.53 Å². The SMILES string of the molecule is O=C(C1CCOCC1)N1CCSC(c2ccccc2Cl)CC1. The van der Waals surface area contributed by atoms with Crippen LogP contribution in [-0.2, 0) is 9.53 Å². The van der Waals surface area contributed by atoms with Gasteiger partial charge in [-0.3, -0.25) is 4.79 Å². The molecule has 3 nitrogen and oxygen atoms in total. The lowest BCUT2D eigenvalue weighted by Gasteiger charge is -2.28. The Labute approximate surface area is 141 Å². The average Bonchev–Trinajstić information content (AvgIpc) is 2.81. The van der Waals surface area contributed by atoms with E-state index in [1.807, 2.05) is 30.0 Å². The van der Waals surface area contributed by atoms with Gasteiger partial charge in [0.2, 0.25) is 5.91 Å². The molecule has 1 amide bonds. The number of rotatable bonds is 2. The first kappa shape index (κ1) is 16.2. The van der Waals surface area contributed by atoms with E-state index in [-0.39, 0.29) is 5.92 Å². The van der Waals surface area contributed by atoms with Gasteiger partial charge in [-0.05, 0) is 30.9 Å². The quantitative estimate of drug-likeness (QED) is 0.821. The van der Waals surface area contributed by atoms with Crippen molar-refractivity contribution in [1.29, 1.82) is 0 Å². The Morgan fingerprint density at radius 1 is 1.18 bits per heavy atom. The van der Waals surface area contributed by atoms with E-state index < -0.39 is 0 Å². The van der Waals surface area contributed by atoms with E-state index in [2.05, 4.69) is 11.0 Å². The van der Waals surface area contributed by atoms with Crippen molar-refractivity contribution in [1.82, 2.24) is 4.90 Å². The van der Waals surface area contributed by atoms with Crippen LogP contribution in [0.4, 0.5) is 0 Å². The van der Waals surface area contributed by atoms with E-state index in [1.54, 1.807) is 0 Å². The number of benzene rings is 1. The van der Waals surface area contributed by atoms with Gasteiger partial charge in [0.1, 0.15) is 0 Å². The Morgan fingerprint density at radius 3 is 2.73 bits per heavy atom. The molecule has 2 heterocycles. The molecule has 2 saturated heterocycles. The number of thioether (sulfide) groups is 1. The number of hydrogen-bond acceptors (Lipinski definition) is 3. The Morgan fingerprint density at radius 2 is 1.95 bits per heavy atom. The molecule has 5 heteroatoms. The predicted molar refractivity (Wildman–Crippen MR) is 91.4 cm³/mol. The molecule has 3 rings (SSSR count). The molecule has 2 fully saturated rings. The van der Waals surface area contributed by atoms with Crippen LogP contribution >= 0.6 is 23.4 Å². The van der Waals surface area contributed by atoms with Crippen LogP contribution in [0.1, 0.15) is 30.1 Å². The summed E-state index contributed by atoms with van der Waals surface area (Å²) in [4.78, 5) is 14.7. The van der Waals surface area contributed by atoms with Gasteiger partial charge in [-0.25, -0.2) is 0 Å². The number of carbonyl (C=O) groups excluding carboxylic acids is 1. The number of nitrogens with zero attached hydrogens (tertiary/aromatic N) is 1. The highest BCUT2D eigenvalue weighted by Gasteiger charge is 2.29. The molecular weight excluding hydrogens is 318 g/mol. The maximum atomic E-state index is 12.7. The van der Waals surface area contributed by atoms with Crippen molar-refractivity contribution in [3.05, 3.63) is 34.9 Å². The highest BCUT2D eigenvalue weighted by Crippen LogP contribution is 2.38. The van der Waals surface area contributed by atoms with Crippen molar-refractivity contribution in [3.63, 3.8) is 0 Å². The maximum absolute atomic E-state index is 12.7. The topological polar surface area (TPSA) is 29.5 Å². The van der Waals surface area contributed by atoms with E-state index in [4.69, 9.17) is 16.3 Å². The second-order valence-corrected chi connectivity index (χ2v) is 7.60. The Bertz CT molecular complexity index is 519. The van der Waals surface area contributed by atoms with E-state index in [9.17, 15) is 4.79 Å². The lowest BCUT2D eigenvalue weighted by Crippen LogP contribution is -2.39. The summed E-state index contributed by atoms with van der Waals surface area (Å²) in [6.07, 6.45) is 2.72. The van der Waals surface area contributed by atoms with Gasteiger partial charge in [0, 0.05) is 48.2 Å². The van der Waals surface area contributed by atoms with E-state index in [0.29, 0.717) is 11.2 Å². The molecule has 1 atom stereocenters. The molecule has 0 radical (unpaired) electrons. The molecule has 22 heavy (non-hydrogen) atoms. The molecule has 0 spiro atoms. The second kappa shape index (κ2) is 7.71. The fourth-order valence-corrected chi connectivity index (χ4v) is 4.78. The third kappa shape index (κ3) is 3.79. The fraction of sp³-hybridized carbons (Fsp3) is 0.588. The summed E-state index contributed by atoms with van der Waals surface area (Å²) in [6.45, 7) is 3.13. The van der Waals surface area contributed by atoms with E-state index in [0.717, 1.165) is 56.3 Å². The van der Waals surface area contributed by atoms with Gasteiger partial charge < -0.3 is 9.64 Å². The molecule has 120 valence electrons. The number of hydrogen-bond donors (Lipinski definition) is 0. The van der Waals surface area contributed by atoms with Gasteiger partial charge in [-0.1, -0.05) is 29.8 Å². The van der Waals surface area contributed by atoms with Gasteiger partial charge in [-0.2, -0.15) is 11.8 Å². The van der Waals surface area contributed by atoms with Crippen LogP contribution in [0.3, 0.4) is 0 Å². The third-order valence-corrected chi connectivity index (χ3v) is 6.13. The summed E-state index contributed by atoms with van der Waals surface area (Å²) in [6, 6.07) is 8.06. The minimum atomic E-state index is 0.163. The van der Waals surface area contributed by atoms with Crippen LogP contribution in [0.25, 0.3) is 0 Å². The largest absolute Gasteiger partial charge is 0.381 e. The highest BCUT2D eigenvalue weighted by atomic mass is 35.5. The molecular formula is C17H22ClNO2S. The smallest absolute Gasteiger partial charge is 0.225 e. The van der Waals surface area contributed by atoms with Crippen LogP contribution in [0.15, 0.2) is 24.3 Å². The Hall–Kier alpha value is -0.710. The van der Waals surface area contributed by atoms with Crippen LogP contribution in [0, 0.1) is 5.92 Å². The first-order chi connectivity index (χ1) is 10.8. The molecule has 0 N–H and O–H groups in total. The molecule has 1 aromatic rings. The molecule has 2 aliphatic heterocycles. The summed E-state index contributed by atoms with van der Waals surface area (Å²) in [5, 5.41) is 1.23. The molecule has 0 saturated carbocycles. The van der Waals surface area contributed by atoms with Gasteiger partial charge in [0.15, 0.2) is 0 Å². The molecule has 2 aliphatic rings. The minimum absolute atomic E-state index is 0.163. The molecule has 0 bridgehead atoms. The van der Waals surface area contributed by atoms with Gasteiger partial charge in [-0.15, -0.1) is 0 Å². The first-order valence-corrected chi connectivity index (χ1v) is 9.41. The molecule has 1 aromatic carbocycles. The zero-order valence-corrected chi connectivity index (χ0v) is 14.2. The van der Waals surface area contributed by atoms with Crippen LogP contribution in [0.5, 0.6) is 0 Å². The molecule has 1 unspecified atom stereocenters. The van der Waals surface area contributed by atoms with Crippen molar-refractivity contribution in [2.75, 3.05) is 32.1 Å². The summed E-state index contributed by atoms with van der Waals surface area (Å²) >= 11 is 8.24. The van der Waals surface area contributed by atoms with Crippen molar-refractivity contribution in [2.45, 2.75) is 24.5 Å². The molecule has 0 aromatic heterocycles. The number of carbonyl (C=O) groups is 1. The van der Waals surface area contributed by atoms with Crippen molar-refractivity contribution in [2.24, 2.45) is 5.92 Å². The fourth-order valence-electron chi connectivity index (χ4n) is 3.18. The lowest BCUT2D eigenvalue weighted by molar-refractivity contribution is -0.138.